The Hall–Kier alpha value is -2.69. The van der Waals surface area contributed by atoms with Crippen molar-refractivity contribution < 1.29 is 19.0 Å². The summed E-state index contributed by atoms with van der Waals surface area (Å²) in [4.78, 5) is 12.7. The van der Waals surface area contributed by atoms with Gasteiger partial charge in [0.25, 0.3) is 5.91 Å². The van der Waals surface area contributed by atoms with Crippen molar-refractivity contribution in [3.05, 3.63) is 47.0 Å². The topological polar surface area (TPSA) is 56.8 Å². The molecule has 1 amide bonds. The molecule has 5 nitrogen and oxygen atoms in total. The summed E-state index contributed by atoms with van der Waals surface area (Å²) < 4.78 is 16.4. The molecule has 0 atom stereocenters. The van der Waals surface area contributed by atoms with Crippen LogP contribution >= 0.6 is 0 Å². The molecule has 2 rings (SSSR count). The van der Waals surface area contributed by atoms with Gasteiger partial charge in [-0.25, -0.2) is 0 Å². The molecule has 1 N–H and O–H groups in total. The number of carbonyl (C=O) groups excluding carboxylic acids is 1. The fourth-order valence-corrected chi connectivity index (χ4v) is 2.61. The van der Waals surface area contributed by atoms with Crippen LogP contribution in [0.25, 0.3) is 0 Å². The second-order valence-electron chi connectivity index (χ2n) is 6.14. The van der Waals surface area contributed by atoms with Gasteiger partial charge < -0.3 is 19.5 Å². The van der Waals surface area contributed by atoms with E-state index in [1.807, 2.05) is 32.0 Å². The van der Waals surface area contributed by atoms with Gasteiger partial charge in [-0.15, -0.1) is 0 Å². The van der Waals surface area contributed by atoms with E-state index in [2.05, 4.69) is 12.2 Å². The molecule has 2 aromatic carbocycles. The number of unbranched alkanes of at least 4 members (excludes halogenated alkanes) is 1. The number of carbonyl (C=O) groups is 1. The van der Waals surface area contributed by atoms with Gasteiger partial charge in [0.05, 0.1) is 20.8 Å². The Morgan fingerprint density at radius 2 is 1.69 bits per heavy atom. The van der Waals surface area contributed by atoms with E-state index in [4.69, 9.17) is 14.2 Å². The van der Waals surface area contributed by atoms with Crippen molar-refractivity contribution in [2.24, 2.45) is 0 Å². The predicted octanol–water partition coefficient (Wildman–Crippen LogP) is 4.75. The third kappa shape index (κ3) is 4.69. The lowest BCUT2D eigenvalue weighted by atomic mass is 10.1. The van der Waals surface area contributed by atoms with Gasteiger partial charge in [-0.3, -0.25) is 4.79 Å². The fourth-order valence-electron chi connectivity index (χ4n) is 2.61. The van der Waals surface area contributed by atoms with Crippen LogP contribution in [0.1, 0.15) is 41.3 Å². The number of rotatable bonds is 8. The molecule has 0 saturated carbocycles. The number of anilines is 1. The smallest absolute Gasteiger partial charge is 0.255 e. The first-order valence-corrected chi connectivity index (χ1v) is 8.77. The minimum absolute atomic E-state index is 0.218. The van der Waals surface area contributed by atoms with Gasteiger partial charge >= 0.3 is 0 Å². The van der Waals surface area contributed by atoms with Gasteiger partial charge in [0.1, 0.15) is 17.2 Å². The van der Waals surface area contributed by atoms with E-state index in [0.717, 1.165) is 35.4 Å². The summed E-state index contributed by atoms with van der Waals surface area (Å²) in [5.41, 5.74) is 3.03. The van der Waals surface area contributed by atoms with Crippen molar-refractivity contribution in [1.82, 2.24) is 0 Å². The van der Waals surface area contributed by atoms with E-state index in [1.165, 1.54) is 0 Å². The molecule has 140 valence electrons. The zero-order valence-electron chi connectivity index (χ0n) is 16.1. The summed E-state index contributed by atoms with van der Waals surface area (Å²) in [6.45, 7) is 6.66. The molecule has 0 unspecified atom stereocenters. The SMILES string of the molecule is CCCCOc1ccc(NC(=O)c2cc(OC)c(C)c(OC)c2)c(C)c1. The van der Waals surface area contributed by atoms with Gasteiger partial charge in [0.15, 0.2) is 0 Å². The van der Waals surface area contributed by atoms with Gasteiger partial charge in [-0.1, -0.05) is 13.3 Å². The lowest BCUT2D eigenvalue weighted by Gasteiger charge is -2.14. The number of hydrogen-bond acceptors (Lipinski definition) is 4. The third-order valence-corrected chi connectivity index (χ3v) is 4.23. The highest BCUT2D eigenvalue weighted by molar-refractivity contribution is 6.05. The molecule has 0 aliphatic rings. The molecule has 0 bridgehead atoms. The molecule has 0 aliphatic heterocycles. The monoisotopic (exact) mass is 357 g/mol. The number of nitrogens with one attached hydrogen (secondary N) is 1. The molecule has 0 radical (unpaired) electrons. The van der Waals surface area contributed by atoms with E-state index in [0.29, 0.717) is 23.7 Å². The number of methoxy groups -OCH3 is 2. The van der Waals surface area contributed by atoms with E-state index < -0.39 is 0 Å². The molecule has 0 spiro atoms. The third-order valence-electron chi connectivity index (χ3n) is 4.23. The van der Waals surface area contributed by atoms with Gasteiger partial charge in [0, 0.05) is 16.8 Å². The summed E-state index contributed by atoms with van der Waals surface area (Å²) in [6.07, 6.45) is 2.12. The Morgan fingerprint density at radius 1 is 1.04 bits per heavy atom. The summed E-state index contributed by atoms with van der Waals surface area (Å²) in [5, 5.41) is 2.94. The minimum atomic E-state index is -0.218. The Labute approximate surface area is 155 Å². The predicted molar refractivity (Wildman–Crippen MR) is 104 cm³/mol. The molecule has 0 aliphatic carbocycles. The number of aryl methyl sites for hydroxylation is 1. The molecule has 2 aromatic rings. The Kier molecular flexibility index (Phi) is 6.89. The summed E-state index contributed by atoms with van der Waals surface area (Å²) >= 11 is 0. The lowest BCUT2D eigenvalue weighted by molar-refractivity contribution is 0.102. The molecule has 0 heterocycles. The maximum absolute atomic E-state index is 12.7. The van der Waals surface area contributed by atoms with Crippen molar-refractivity contribution in [2.45, 2.75) is 33.6 Å². The van der Waals surface area contributed by atoms with Gasteiger partial charge in [-0.05, 0) is 56.2 Å². The van der Waals surface area contributed by atoms with Gasteiger partial charge in [0.2, 0.25) is 0 Å². The van der Waals surface area contributed by atoms with Crippen LogP contribution in [0, 0.1) is 13.8 Å². The van der Waals surface area contributed by atoms with Crippen LogP contribution in [0.5, 0.6) is 17.2 Å². The highest BCUT2D eigenvalue weighted by Crippen LogP contribution is 2.30. The number of benzene rings is 2. The molecule has 26 heavy (non-hydrogen) atoms. The number of hydrogen-bond donors (Lipinski definition) is 1. The summed E-state index contributed by atoms with van der Waals surface area (Å²) in [5.74, 6) is 1.83. The molecule has 5 heteroatoms. The van der Waals surface area contributed by atoms with E-state index >= 15 is 0 Å². The summed E-state index contributed by atoms with van der Waals surface area (Å²) in [6, 6.07) is 9.09. The Morgan fingerprint density at radius 3 is 2.23 bits per heavy atom. The lowest BCUT2D eigenvalue weighted by Crippen LogP contribution is -2.13. The first-order valence-electron chi connectivity index (χ1n) is 8.77. The Balaban J connectivity index is 2.17. The maximum Gasteiger partial charge on any atom is 0.255 e. The van der Waals surface area contributed by atoms with Crippen molar-refractivity contribution in [3.8, 4) is 17.2 Å². The quantitative estimate of drug-likeness (QED) is 0.693. The zero-order chi connectivity index (χ0) is 19.1. The van der Waals surface area contributed by atoms with Gasteiger partial charge in [-0.2, -0.15) is 0 Å². The van der Waals surface area contributed by atoms with Crippen LogP contribution in [0.4, 0.5) is 5.69 Å². The number of ether oxygens (including phenoxy) is 3. The molecule has 0 saturated heterocycles. The van der Waals surface area contributed by atoms with Crippen molar-refractivity contribution in [3.63, 3.8) is 0 Å². The van der Waals surface area contributed by atoms with Crippen molar-refractivity contribution in [2.75, 3.05) is 26.1 Å². The van der Waals surface area contributed by atoms with Crippen LogP contribution in [0.3, 0.4) is 0 Å². The Bertz CT molecular complexity index is 746. The van der Waals surface area contributed by atoms with Crippen molar-refractivity contribution >= 4 is 11.6 Å². The highest BCUT2D eigenvalue weighted by Gasteiger charge is 2.14. The number of amides is 1. The maximum atomic E-state index is 12.7. The minimum Gasteiger partial charge on any atom is -0.496 e. The van der Waals surface area contributed by atoms with Crippen LogP contribution in [-0.2, 0) is 0 Å². The zero-order valence-corrected chi connectivity index (χ0v) is 16.1. The average Bonchev–Trinajstić information content (AvgIpc) is 2.64. The second kappa shape index (κ2) is 9.13. The van der Waals surface area contributed by atoms with E-state index in [9.17, 15) is 4.79 Å². The second-order valence-corrected chi connectivity index (χ2v) is 6.14. The van der Waals surface area contributed by atoms with Crippen LogP contribution in [0.15, 0.2) is 30.3 Å². The molecular weight excluding hydrogens is 330 g/mol. The van der Waals surface area contributed by atoms with Crippen molar-refractivity contribution in [1.29, 1.82) is 0 Å². The first-order chi connectivity index (χ1) is 12.5. The van der Waals surface area contributed by atoms with E-state index in [-0.39, 0.29) is 5.91 Å². The molecule has 0 fully saturated rings. The molecule has 0 aromatic heterocycles. The largest absolute Gasteiger partial charge is 0.496 e. The average molecular weight is 357 g/mol. The summed E-state index contributed by atoms with van der Waals surface area (Å²) in [7, 11) is 3.15. The fraction of sp³-hybridized carbons (Fsp3) is 0.381. The van der Waals surface area contributed by atoms with E-state index in [1.54, 1.807) is 26.4 Å². The van der Waals surface area contributed by atoms with Crippen LogP contribution < -0.4 is 19.5 Å². The normalized spacial score (nSPS) is 10.3. The highest BCUT2D eigenvalue weighted by atomic mass is 16.5. The molecular formula is C21H27NO4. The first kappa shape index (κ1) is 19.6. The standard InChI is InChI=1S/C21H27NO4/c1-6-7-10-26-17-8-9-18(14(2)11-17)22-21(23)16-12-19(24-4)15(3)20(13-16)25-5/h8-9,11-13H,6-7,10H2,1-5H3,(H,22,23). The van der Waals surface area contributed by atoms with Crippen LogP contribution in [-0.4, -0.2) is 26.7 Å². The van der Waals surface area contributed by atoms with Crippen LogP contribution in [0.2, 0.25) is 0 Å².